The number of ketones is 1. The molecule has 1 aromatic rings. The molecular formula is C13H14O4. The number of esters is 1. The molecule has 0 N–H and O–H groups in total. The second-order valence-corrected chi connectivity index (χ2v) is 4.08. The van der Waals surface area contributed by atoms with Gasteiger partial charge in [0, 0.05) is 24.8 Å². The fourth-order valence-electron chi connectivity index (χ4n) is 2.07. The summed E-state index contributed by atoms with van der Waals surface area (Å²) in [5.41, 5.74) is 1.62. The van der Waals surface area contributed by atoms with Crippen LogP contribution in [0.3, 0.4) is 0 Å². The van der Waals surface area contributed by atoms with E-state index in [4.69, 9.17) is 9.47 Å². The van der Waals surface area contributed by atoms with Gasteiger partial charge in [0.2, 0.25) is 0 Å². The third-order valence-electron chi connectivity index (χ3n) is 2.92. The van der Waals surface area contributed by atoms with E-state index in [0.29, 0.717) is 17.7 Å². The predicted octanol–water partition coefficient (Wildman–Crippen LogP) is 1.93. The number of benzene rings is 1. The number of hydrogen-bond donors (Lipinski definition) is 0. The summed E-state index contributed by atoms with van der Waals surface area (Å²) in [6.45, 7) is 1.62. The van der Waals surface area contributed by atoms with Crippen molar-refractivity contribution in [2.75, 3.05) is 13.7 Å². The molecule has 0 saturated heterocycles. The second kappa shape index (κ2) is 4.57. The molecule has 1 aliphatic rings. The molecule has 1 aliphatic carbocycles. The van der Waals surface area contributed by atoms with Gasteiger partial charge in [-0.2, -0.15) is 0 Å². The van der Waals surface area contributed by atoms with E-state index in [1.54, 1.807) is 19.2 Å². The number of fused-ring (bicyclic) bond motifs is 1. The van der Waals surface area contributed by atoms with Gasteiger partial charge in [-0.3, -0.25) is 9.59 Å². The van der Waals surface area contributed by atoms with Crippen LogP contribution in [-0.2, 0) is 9.53 Å². The molecule has 0 heterocycles. The fraction of sp³-hybridized carbons (Fsp3) is 0.385. The monoisotopic (exact) mass is 234 g/mol. The summed E-state index contributed by atoms with van der Waals surface area (Å²) in [5.74, 6) is 0.441. The average Bonchev–Trinajstić information content (AvgIpc) is 2.63. The molecule has 0 spiro atoms. The normalized spacial score (nSPS) is 17.8. The smallest absolute Gasteiger partial charge is 0.302 e. The van der Waals surface area contributed by atoms with Crippen LogP contribution in [-0.4, -0.2) is 25.5 Å². The molecule has 90 valence electrons. The first-order valence-corrected chi connectivity index (χ1v) is 5.46. The highest BCUT2D eigenvalue weighted by molar-refractivity contribution is 6.01. The Balaban J connectivity index is 2.24. The molecule has 0 aromatic heterocycles. The molecular weight excluding hydrogens is 220 g/mol. The number of carbonyl (C=O) groups is 2. The van der Waals surface area contributed by atoms with E-state index in [1.165, 1.54) is 6.92 Å². The number of hydrogen-bond acceptors (Lipinski definition) is 4. The van der Waals surface area contributed by atoms with Crippen LogP contribution >= 0.6 is 0 Å². The Bertz CT molecular complexity index is 464. The molecule has 0 fully saturated rings. The molecule has 0 saturated carbocycles. The summed E-state index contributed by atoms with van der Waals surface area (Å²) in [5, 5.41) is 0. The summed E-state index contributed by atoms with van der Waals surface area (Å²) in [6, 6.07) is 5.38. The third kappa shape index (κ3) is 2.30. The lowest BCUT2D eigenvalue weighted by Gasteiger charge is -2.11. The van der Waals surface area contributed by atoms with Gasteiger partial charge >= 0.3 is 5.97 Å². The standard InChI is InChI=1S/C13H14O4/c1-8(14)17-7-9-5-13(15)11-4-3-10(16-2)6-12(9)11/h3-4,6,9H,5,7H2,1-2H3. The minimum Gasteiger partial charge on any atom is -0.497 e. The van der Waals surface area contributed by atoms with Gasteiger partial charge in [0.25, 0.3) is 0 Å². The zero-order valence-electron chi connectivity index (χ0n) is 9.86. The van der Waals surface area contributed by atoms with Crippen molar-refractivity contribution in [3.8, 4) is 5.75 Å². The van der Waals surface area contributed by atoms with E-state index in [0.717, 1.165) is 5.56 Å². The summed E-state index contributed by atoms with van der Waals surface area (Å²) >= 11 is 0. The van der Waals surface area contributed by atoms with E-state index in [9.17, 15) is 9.59 Å². The Morgan fingerprint density at radius 2 is 2.24 bits per heavy atom. The molecule has 4 nitrogen and oxygen atoms in total. The number of ether oxygens (including phenoxy) is 2. The molecule has 1 atom stereocenters. The van der Waals surface area contributed by atoms with Gasteiger partial charge in [0.15, 0.2) is 5.78 Å². The Morgan fingerprint density at radius 3 is 2.88 bits per heavy atom. The maximum absolute atomic E-state index is 11.7. The Kier molecular flexibility index (Phi) is 3.13. The highest BCUT2D eigenvalue weighted by Gasteiger charge is 2.30. The first-order valence-electron chi connectivity index (χ1n) is 5.46. The molecule has 0 amide bonds. The van der Waals surface area contributed by atoms with Crippen molar-refractivity contribution in [3.05, 3.63) is 29.3 Å². The lowest BCUT2D eigenvalue weighted by Crippen LogP contribution is -2.08. The number of methoxy groups -OCH3 is 1. The lowest BCUT2D eigenvalue weighted by molar-refractivity contribution is -0.141. The molecule has 1 aromatic carbocycles. The zero-order chi connectivity index (χ0) is 12.4. The van der Waals surface area contributed by atoms with Gasteiger partial charge in [0.1, 0.15) is 5.75 Å². The maximum atomic E-state index is 11.7. The van der Waals surface area contributed by atoms with Crippen molar-refractivity contribution >= 4 is 11.8 Å². The Labute approximate surface area is 99.5 Å². The second-order valence-electron chi connectivity index (χ2n) is 4.08. The fourth-order valence-corrected chi connectivity index (χ4v) is 2.07. The maximum Gasteiger partial charge on any atom is 0.302 e. The number of carbonyl (C=O) groups excluding carboxylic acids is 2. The highest BCUT2D eigenvalue weighted by Crippen LogP contribution is 2.35. The summed E-state index contributed by atoms with van der Waals surface area (Å²) < 4.78 is 10.1. The SMILES string of the molecule is COc1ccc2c(c1)C(COC(C)=O)CC2=O. The number of Topliss-reactive ketones (excluding diaryl/α,β-unsaturated/α-hetero) is 1. The van der Waals surface area contributed by atoms with E-state index < -0.39 is 0 Å². The molecule has 17 heavy (non-hydrogen) atoms. The molecule has 0 radical (unpaired) electrons. The van der Waals surface area contributed by atoms with Crippen molar-refractivity contribution in [1.29, 1.82) is 0 Å². The Morgan fingerprint density at radius 1 is 1.47 bits per heavy atom. The topological polar surface area (TPSA) is 52.6 Å². The minimum absolute atomic E-state index is 0.0449. The summed E-state index contributed by atoms with van der Waals surface area (Å²) in [4.78, 5) is 22.5. The minimum atomic E-state index is -0.325. The summed E-state index contributed by atoms with van der Waals surface area (Å²) in [7, 11) is 1.58. The largest absolute Gasteiger partial charge is 0.497 e. The van der Waals surface area contributed by atoms with Crippen molar-refractivity contribution in [1.82, 2.24) is 0 Å². The molecule has 0 aliphatic heterocycles. The number of rotatable bonds is 3. The highest BCUT2D eigenvalue weighted by atomic mass is 16.5. The van der Waals surface area contributed by atoms with Gasteiger partial charge in [-0.25, -0.2) is 0 Å². The summed E-state index contributed by atoms with van der Waals surface area (Å²) in [6.07, 6.45) is 0.399. The first kappa shape index (κ1) is 11.6. The van der Waals surface area contributed by atoms with E-state index >= 15 is 0 Å². The lowest BCUT2D eigenvalue weighted by atomic mass is 10.0. The molecule has 2 rings (SSSR count). The first-order chi connectivity index (χ1) is 8.11. The van der Waals surface area contributed by atoms with Crippen LogP contribution in [0.5, 0.6) is 5.75 Å². The van der Waals surface area contributed by atoms with Crippen LogP contribution < -0.4 is 4.74 Å². The van der Waals surface area contributed by atoms with Gasteiger partial charge in [-0.05, 0) is 23.8 Å². The van der Waals surface area contributed by atoms with Crippen molar-refractivity contribution in [2.24, 2.45) is 0 Å². The molecule has 1 unspecified atom stereocenters. The van der Waals surface area contributed by atoms with Crippen LogP contribution in [0, 0.1) is 0 Å². The van der Waals surface area contributed by atoms with Crippen molar-refractivity contribution in [3.63, 3.8) is 0 Å². The molecule has 0 bridgehead atoms. The van der Waals surface area contributed by atoms with E-state index in [2.05, 4.69) is 0 Å². The van der Waals surface area contributed by atoms with Crippen molar-refractivity contribution in [2.45, 2.75) is 19.3 Å². The third-order valence-corrected chi connectivity index (χ3v) is 2.92. The van der Waals surface area contributed by atoms with Crippen molar-refractivity contribution < 1.29 is 19.1 Å². The quantitative estimate of drug-likeness (QED) is 0.750. The van der Waals surface area contributed by atoms with Gasteiger partial charge in [0.05, 0.1) is 13.7 Å². The van der Waals surface area contributed by atoms with Gasteiger partial charge in [-0.1, -0.05) is 0 Å². The van der Waals surface area contributed by atoms with Gasteiger partial charge < -0.3 is 9.47 Å². The predicted molar refractivity (Wildman–Crippen MR) is 61.3 cm³/mol. The van der Waals surface area contributed by atoms with Crippen LogP contribution in [0.4, 0.5) is 0 Å². The van der Waals surface area contributed by atoms with Crippen LogP contribution in [0.1, 0.15) is 35.2 Å². The van der Waals surface area contributed by atoms with Crippen LogP contribution in [0.25, 0.3) is 0 Å². The van der Waals surface area contributed by atoms with Gasteiger partial charge in [-0.15, -0.1) is 0 Å². The van der Waals surface area contributed by atoms with E-state index in [1.807, 2.05) is 6.07 Å². The Hall–Kier alpha value is -1.84. The molecule has 4 heteroatoms. The zero-order valence-corrected chi connectivity index (χ0v) is 9.86. The van der Waals surface area contributed by atoms with E-state index in [-0.39, 0.29) is 24.3 Å². The van der Waals surface area contributed by atoms with Crippen LogP contribution in [0.2, 0.25) is 0 Å². The average molecular weight is 234 g/mol. The van der Waals surface area contributed by atoms with Crippen LogP contribution in [0.15, 0.2) is 18.2 Å².